The maximum absolute atomic E-state index is 2.46. The Labute approximate surface area is 149 Å². The topological polar surface area (TPSA) is 3.24 Å². The molecule has 0 aromatic heterocycles. The lowest BCUT2D eigenvalue weighted by Gasteiger charge is -2.39. The first kappa shape index (κ1) is 14.8. The summed E-state index contributed by atoms with van der Waals surface area (Å²) in [4.78, 5) is 2.38. The van der Waals surface area contributed by atoms with Crippen LogP contribution in [0.1, 0.15) is 48.6 Å². The van der Waals surface area contributed by atoms with E-state index >= 15 is 0 Å². The van der Waals surface area contributed by atoms with Crippen LogP contribution in [0.3, 0.4) is 0 Å². The molecular formula is C24H23N. The van der Waals surface area contributed by atoms with Crippen LogP contribution in [0.25, 0.3) is 0 Å². The molecule has 0 radical (unpaired) electrons. The molecule has 3 aliphatic rings. The Kier molecular flexibility index (Phi) is 3.59. The molecule has 0 atom stereocenters. The van der Waals surface area contributed by atoms with Crippen LogP contribution in [-0.2, 0) is 0 Å². The van der Waals surface area contributed by atoms with Crippen LogP contribution in [0.15, 0.2) is 78.9 Å². The summed E-state index contributed by atoms with van der Waals surface area (Å²) in [5.74, 6) is 1.57. The van der Waals surface area contributed by atoms with E-state index in [1.807, 2.05) is 0 Å². The monoisotopic (exact) mass is 325 g/mol. The van der Waals surface area contributed by atoms with Crippen molar-refractivity contribution in [2.24, 2.45) is 0 Å². The SMILES string of the molecule is c1ccc(N(c2ccccc2)c2ccc3c(c2)C2CCC3CC2)cc1. The summed E-state index contributed by atoms with van der Waals surface area (Å²) in [5, 5.41) is 0. The Bertz CT molecular complexity index is 822. The minimum Gasteiger partial charge on any atom is -0.310 e. The van der Waals surface area contributed by atoms with Gasteiger partial charge in [0.05, 0.1) is 0 Å². The van der Waals surface area contributed by atoms with E-state index in [-0.39, 0.29) is 0 Å². The van der Waals surface area contributed by atoms with E-state index in [1.54, 1.807) is 11.1 Å². The predicted molar refractivity (Wildman–Crippen MR) is 105 cm³/mol. The van der Waals surface area contributed by atoms with Crippen LogP contribution in [0, 0.1) is 0 Å². The molecule has 3 aliphatic carbocycles. The van der Waals surface area contributed by atoms with E-state index in [1.165, 1.54) is 42.7 Å². The van der Waals surface area contributed by atoms with Crippen molar-refractivity contribution in [2.75, 3.05) is 4.90 Å². The minimum absolute atomic E-state index is 0.772. The van der Waals surface area contributed by atoms with Crippen LogP contribution >= 0.6 is 0 Å². The fourth-order valence-electron chi connectivity index (χ4n) is 4.74. The number of hydrogen-bond acceptors (Lipinski definition) is 1. The third-order valence-electron chi connectivity index (χ3n) is 5.96. The standard InChI is InChI=1S/C24H23N/c1-3-7-20(8-4-1)25(21-9-5-2-6-10-21)22-15-16-23-18-11-13-19(14-12-18)24(23)17-22/h1-10,15-19H,11-14H2. The van der Waals surface area contributed by atoms with Gasteiger partial charge in [0.2, 0.25) is 0 Å². The van der Waals surface area contributed by atoms with E-state index in [2.05, 4.69) is 83.8 Å². The van der Waals surface area contributed by atoms with Gasteiger partial charge in [0.25, 0.3) is 0 Å². The summed E-state index contributed by atoms with van der Waals surface area (Å²) in [6.45, 7) is 0. The number of anilines is 3. The number of fused-ring (bicyclic) bond motifs is 2. The Morgan fingerprint density at radius 1 is 0.520 bits per heavy atom. The lowest BCUT2D eigenvalue weighted by Crippen LogP contribution is -2.22. The van der Waals surface area contributed by atoms with E-state index in [0.29, 0.717) is 0 Å². The lowest BCUT2D eigenvalue weighted by molar-refractivity contribution is 0.359. The van der Waals surface area contributed by atoms with Crippen molar-refractivity contribution in [3.8, 4) is 0 Å². The first-order chi connectivity index (χ1) is 12.4. The van der Waals surface area contributed by atoms with Crippen molar-refractivity contribution < 1.29 is 0 Å². The van der Waals surface area contributed by atoms with E-state index < -0.39 is 0 Å². The van der Waals surface area contributed by atoms with Gasteiger partial charge >= 0.3 is 0 Å². The Hall–Kier alpha value is -2.54. The summed E-state index contributed by atoms with van der Waals surface area (Å²) in [7, 11) is 0. The van der Waals surface area contributed by atoms with Crippen molar-refractivity contribution in [1.29, 1.82) is 0 Å². The molecule has 3 aromatic rings. The van der Waals surface area contributed by atoms with Gasteiger partial charge in [0.15, 0.2) is 0 Å². The van der Waals surface area contributed by atoms with Gasteiger partial charge in [-0.25, -0.2) is 0 Å². The third-order valence-corrected chi connectivity index (χ3v) is 5.96. The van der Waals surface area contributed by atoms with Gasteiger partial charge in [-0.2, -0.15) is 0 Å². The highest BCUT2D eigenvalue weighted by molar-refractivity contribution is 5.77. The number of benzene rings is 3. The molecule has 1 fully saturated rings. The average molecular weight is 325 g/mol. The van der Waals surface area contributed by atoms with Gasteiger partial charge in [0, 0.05) is 17.1 Å². The first-order valence-electron chi connectivity index (χ1n) is 9.44. The van der Waals surface area contributed by atoms with Crippen molar-refractivity contribution in [2.45, 2.75) is 37.5 Å². The zero-order valence-corrected chi connectivity index (χ0v) is 14.4. The quantitative estimate of drug-likeness (QED) is 0.505. The van der Waals surface area contributed by atoms with Crippen molar-refractivity contribution >= 4 is 17.1 Å². The Morgan fingerprint density at radius 2 is 1.04 bits per heavy atom. The molecular weight excluding hydrogens is 302 g/mol. The summed E-state index contributed by atoms with van der Waals surface area (Å²) in [6.07, 6.45) is 5.52. The van der Waals surface area contributed by atoms with Crippen LogP contribution in [-0.4, -0.2) is 0 Å². The second-order valence-corrected chi connectivity index (χ2v) is 7.37. The zero-order chi connectivity index (χ0) is 16.6. The molecule has 6 rings (SSSR count). The molecule has 25 heavy (non-hydrogen) atoms. The third kappa shape index (κ3) is 2.55. The molecule has 124 valence electrons. The van der Waals surface area contributed by atoms with Gasteiger partial charge in [-0.3, -0.25) is 0 Å². The molecule has 2 bridgehead atoms. The molecule has 1 heteroatoms. The number of hydrogen-bond donors (Lipinski definition) is 0. The molecule has 0 aliphatic heterocycles. The van der Waals surface area contributed by atoms with Crippen LogP contribution in [0.5, 0.6) is 0 Å². The highest BCUT2D eigenvalue weighted by atomic mass is 15.1. The molecule has 0 unspecified atom stereocenters. The molecule has 1 saturated carbocycles. The largest absolute Gasteiger partial charge is 0.310 e. The van der Waals surface area contributed by atoms with Gasteiger partial charge in [0.1, 0.15) is 0 Å². The van der Waals surface area contributed by atoms with Gasteiger partial charge in [-0.15, -0.1) is 0 Å². The van der Waals surface area contributed by atoms with Crippen LogP contribution in [0.2, 0.25) is 0 Å². The number of rotatable bonds is 3. The molecule has 0 saturated heterocycles. The zero-order valence-electron chi connectivity index (χ0n) is 14.4. The average Bonchev–Trinajstić information content (AvgIpc) is 2.71. The fraction of sp³-hybridized carbons (Fsp3) is 0.250. The van der Waals surface area contributed by atoms with Crippen molar-refractivity contribution in [3.05, 3.63) is 90.0 Å². The Morgan fingerprint density at radius 3 is 1.60 bits per heavy atom. The summed E-state index contributed by atoms with van der Waals surface area (Å²) >= 11 is 0. The summed E-state index contributed by atoms with van der Waals surface area (Å²) in [6, 6.07) is 28.6. The van der Waals surface area contributed by atoms with E-state index in [0.717, 1.165) is 11.8 Å². The highest BCUT2D eigenvalue weighted by Gasteiger charge is 2.33. The van der Waals surface area contributed by atoms with E-state index in [9.17, 15) is 0 Å². The van der Waals surface area contributed by atoms with Crippen molar-refractivity contribution in [1.82, 2.24) is 0 Å². The van der Waals surface area contributed by atoms with E-state index in [4.69, 9.17) is 0 Å². The minimum atomic E-state index is 0.772. The smallest absolute Gasteiger partial charge is 0.0464 e. The molecule has 1 nitrogen and oxygen atoms in total. The van der Waals surface area contributed by atoms with Crippen LogP contribution in [0.4, 0.5) is 17.1 Å². The number of nitrogens with zero attached hydrogens (tertiary/aromatic N) is 1. The Balaban J connectivity index is 1.64. The molecule has 0 spiro atoms. The predicted octanol–water partition coefficient (Wildman–Crippen LogP) is 6.91. The van der Waals surface area contributed by atoms with Crippen molar-refractivity contribution in [3.63, 3.8) is 0 Å². The molecule has 0 heterocycles. The van der Waals surface area contributed by atoms with Gasteiger partial charge < -0.3 is 4.90 Å². The first-order valence-corrected chi connectivity index (χ1v) is 9.44. The fourth-order valence-corrected chi connectivity index (χ4v) is 4.74. The maximum atomic E-state index is 2.46. The normalized spacial score (nSPS) is 21.0. The second kappa shape index (κ2) is 6.07. The number of para-hydroxylation sites is 2. The lowest BCUT2D eigenvalue weighted by atomic mass is 9.67. The molecule has 0 amide bonds. The van der Waals surface area contributed by atoms with Gasteiger partial charge in [-0.1, -0.05) is 42.5 Å². The second-order valence-electron chi connectivity index (χ2n) is 7.37. The van der Waals surface area contributed by atoms with Crippen LogP contribution < -0.4 is 4.90 Å². The molecule has 0 N–H and O–H groups in total. The summed E-state index contributed by atoms with van der Waals surface area (Å²) < 4.78 is 0. The molecule has 3 aromatic carbocycles. The van der Waals surface area contributed by atoms with Gasteiger partial charge in [-0.05, 0) is 85.0 Å². The highest BCUT2D eigenvalue weighted by Crippen LogP contribution is 2.50. The maximum Gasteiger partial charge on any atom is 0.0464 e. The summed E-state index contributed by atoms with van der Waals surface area (Å²) in [5.41, 5.74) is 6.94.